The number of carbonyl (C=O) groups is 2. The zero-order chi connectivity index (χ0) is 25.7. The van der Waals surface area contributed by atoms with Gasteiger partial charge in [-0.15, -0.1) is 11.3 Å². The first kappa shape index (κ1) is 25.3. The third-order valence-corrected chi connectivity index (χ3v) is 6.70. The summed E-state index contributed by atoms with van der Waals surface area (Å²) < 4.78 is 21.7. The van der Waals surface area contributed by atoms with Crippen LogP contribution >= 0.6 is 11.3 Å². The van der Waals surface area contributed by atoms with Crippen LogP contribution in [0.2, 0.25) is 0 Å². The first-order valence-electron chi connectivity index (χ1n) is 11.6. The number of rotatable bonds is 9. The van der Waals surface area contributed by atoms with Crippen LogP contribution in [0, 0.1) is 5.82 Å². The quantitative estimate of drug-likeness (QED) is 0.279. The van der Waals surface area contributed by atoms with Gasteiger partial charge in [0.25, 0.3) is 5.91 Å². The highest BCUT2D eigenvalue weighted by molar-refractivity contribution is 7.19. The molecule has 7 nitrogen and oxygen atoms in total. The van der Waals surface area contributed by atoms with E-state index in [0.29, 0.717) is 22.7 Å². The molecule has 0 saturated heterocycles. The Balaban J connectivity index is 1.47. The molecule has 0 atom stereocenters. The number of anilines is 2. The molecule has 0 unspecified atom stereocenters. The van der Waals surface area contributed by atoms with Gasteiger partial charge in [-0.3, -0.25) is 19.5 Å². The smallest absolute Gasteiger partial charge is 0.255 e. The van der Waals surface area contributed by atoms with E-state index in [1.807, 2.05) is 6.07 Å². The number of thiophene rings is 1. The average molecular weight is 507 g/mol. The Morgan fingerprint density at radius 2 is 1.69 bits per heavy atom. The van der Waals surface area contributed by atoms with Crippen LogP contribution < -0.4 is 15.4 Å². The number of nitrogens with one attached hydrogen (secondary N) is 2. The summed E-state index contributed by atoms with van der Waals surface area (Å²) in [6, 6.07) is 14.5. The van der Waals surface area contributed by atoms with E-state index in [-0.39, 0.29) is 11.7 Å². The Hall–Kier alpha value is -3.82. The number of carbonyl (C=O) groups excluding carboxylic acids is 2. The highest BCUT2D eigenvalue weighted by Crippen LogP contribution is 2.36. The van der Waals surface area contributed by atoms with Crippen LogP contribution in [0.25, 0.3) is 10.2 Å². The number of aromatic nitrogens is 1. The van der Waals surface area contributed by atoms with Crippen molar-refractivity contribution in [1.29, 1.82) is 0 Å². The lowest BCUT2D eigenvalue weighted by Gasteiger charge is -2.16. The van der Waals surface area contributed by atoms with Crippen molar-refractivity contribution >= 4 is 44.7 Å². The minimum atomic E-state index is -0.598. The Labute approximate surface area is 212 Å². The molecule has 186 valence electrons. The number of amides is 2. The fourth-order valence-corrected chi connectivity index (χ4v) is 4.79. The monoisotopic (exact) mass is 506 g/mol. The van der Waals surface area contributed by atoms with Gasteiger partial charge < -0.3 is 15.4 Å². The summed E-state index contributed by atoms with van der Waals surface area (Å²) in [6.07, 6.45) is 1.65. The third-order valence-electron chi connectivity index (χ3n) is 5.58. The maximum absolute atomic E-state index is 14.9. The van der Waals surface area contributed by atoms with Crippen LogP contribution in [0.3, 0.4) is 0 Å². The molecule has 0 aliphatic heterocycles. The third kappa shape index (κ3) is 6.05. The van der Waals surface area contributed by atoms with Crippen LogP contribution in [-0.4, -0.2) is 34.8 Å². The van der Waals surface area contributed by atoms with E-state index in [1.165, 1.54) is 23.9 Å². The topological polar surface area (TPSA) is 83.6 Å². The molecular weight excluding hydrogens is 479 g/mol. The number of nitrogens with zero attached hydrogens (tertiary/aromatic N) is 2. The number of fused-ring (bicyclic) bond motifs is 1. The van der Waals surface area contributed by atoms with Crippen molar-refractivity contribution in [2.75, 3.05) is 23.7 Å². The van der Waals surface area contributed by atoms with Gasteiger partial charge in [-0.1, -0.05) is 13.8 Å². The van der Waals surface area contributed by atoms with Crippen LogP contribution in [0.4, 0.5) is 15.8 Å². The van der Waals surface area contributed by atoms with Crippen molar-refractivity contribution in [2.24, 2.45) is 0 Å². The predicted octanol–water partition coefficient (Wildman–Crippen LogP) is 6.28. The SMILES string of the molecule is CCN(CC)Cc1cc2nccc(Oc3ccc(NC(=O)c4ccc(NC(C)=O)cc4)cc3F)c2s1. The Bertz CT molecular complexity index is 1380. The molecule has 0 radical (unpaired) electrons. The van der Waals surface area contributed by atoms with Crippen molar-refractivity contribution in [3.8, 4) is 11.5 Å². The van der Waals surface area contributed by atoms with E-state index in [2.05, 4.69) is 34.4 Å². The first-order chi connectivity index (χ1) is 17.4. The number of benzene rings is 2. The van der Waals surface area contributed by atoms with Gasteiger partial charge in [-0.25, -0.2) is 4.39 Å². The van der Waals surface area contributed by atoms with Crippen LogP contribution in [0.1, 0.15) is 36.0 Å². The normalized spacial score (nSPS) is 11.0. The summed E-state index contributed by atoms with van der Waals surface area (Å²) in [5, 5.41) is 5.32. The summed E-state index contributed by atoms with van der Waals surface area (Å²) >= 11 is 1.59. The van der Waals surface area contributed by atoms with Crippen LogP contribution in [0.5, 0.6) is 11.5 Å². The second-order valence-corrected chi connectivity index (χ2v) is 9.29. The predicted molar refractivity (Wildman–Crippen MR) is 141 cm³/mol. The average Bonchev–Trinajstić information content (AvgIpc) is 3.28. The summed E-state index contributed by atoms with van der Waals surface area (Å²) in [7, 11) is 0. The van der Waals surface area contributed by atoms with Crippen molar-refractivity contribution < 1.29 is 18.7 Å². The summed E-state index contributed by atoms with van der Waals surface area (Å²) in [4.78, 5) is 31.6. The molecule has 2 N–H and O–H groups in total. The number of hydrogen-bond acceptors (Lipinski definition) is 6. The Morgan fingerprint density at radius 1 is 0.972 bits per heavy atom. The second kappa shape index (κ2) is 11.3. The molecule has 9 heteroatoms. The van der Waals surface area contributed by atoms with E-state index in [1.54, 1.807) is 53.9 Å². The van der Waals surface area contributed by atoms with Crippen molar-refractivity contribution in [3.05, 3.63) is 77.1 Å². The second-order valence-electron chi connectivity index (χ2n) is 8.16. The molecule has 36 heavy (non-hydrogen) atoms. The molecule has 0 saturated carbocycles. The molecule has 0 fully saturated rings. The standard InChI is InChI=1S/C27H27FN4O3S/c1-4-32(5-2)16-21-15-23-26(36-21)25(12-13-29-23)35-24-11-10-20(14-22(24)28)31-27(34)18-6-8-19(9-7-18)30-17(3)33/h6-15H,4-5,16H2,1-3H3,(H,30,33)(H,31,34). The van der Waals surface area contributed by atoms with E-state index in [9.17, 15) is 14.0 Å². The van der Waals surface area contributed by atoms with Gasteiger partial charge in [0, 0.05) is 53.6 Å². The number of ether oxygens (including phenoxy) is 1. The molecule has 0 aliphatic carbocycles. The zero-order valence-corrected chi connectivity index (χ0v) is 21.1. The van der Waals surface area contributed by atoms with E-state index in [4.69, 9.17) is 4.74 Å². The Kier molecular flexibility index (Phi) is 7.92. The van der Waals surface area contributed by atoms with Gasteiger partial charge >= 0.3 is 0 Å². The highest BCUT2D eigenvalue weighted by Gasteiger charge is 2.14. The van der Waals surface area contributed by atoms with Gasteiger partial charge in [0.15, 0.2) is 11.6 Å². The molecule has 4 rings (SSSR count). The first-order valence-corrected chi connectivity index (χ1v) is 12.4. The lowest BCUT2D eigenvalue weighted by Crippen LogP contribution is -2.21. The van der Waals surface area contributed by atoms with Gasteiger partial charge in [0.1, 0.15) is 5.75 Å². The minimum Gasteiger partial charge on any atom is -0.453 e. The molecule has 2 amide bonds. The van der Waals surface area contributed by atoms with Crippen molar-refractivity contribution in [3.63, 3.8) is 0 Å². The molecular formula is C27H27FN4O3S. The fraction of sp³-hybridized carbons (Fsp3) is 0.222. The molecule has 0 spiro atoms. The maximum atomic E-state index is 14.9. The molecule has 4 aromatic rings. The maximum Gasteiger partial charge on any atom is 0.255 e. The number of halogens is 1. The van der Waals surface area contributed by atoms with Gasteiger partial charge in [-0.2, -0.15) is 0 Å². The minimum absolute atomic E-state index is 0.0545. The van der Waals surface area contributed by atoms with Gasteiger partial charge in [0.05, 0.1) is 10.2 Å². The molecule has 0 bridgehead atoms. The summed E-state index contributed by atoms with van der Waals surface area (Å²) in [6.45, 7) is 8.40. The lowest BCUT2D eigenvalue weighted by molar-refractivity contribution is -0.114. The number of hydrogen-bond donors (Lipinski definition) is 2. The van der Waals surface area contributed by atoms with Gasteiger partial charge in [0.2, 0.25) is 5.91 Å². The molecule has 2 aromatic carbocycles. The lowest BCUT2D eigenvalue weighted by atomic mass is 10.2. The number of pyridine rings is 1. The van der Waals surface area contributed by atoms with Crippen LogP contribution in [0.15, 0.2) is 60.8 Å². The largest absolute Gasteiger partial charge is 0.453 e. The molecule has 2 heterocycles. The van der Waals surface area contributed by atoms with Crippen molar-refractivity contribution in [2.45, 2.75) is 27.3 Å². The summed E-state index contributed by atoms with van der Waals surface area (Å²) in [5.41, 5.74) is 2.08. The van der Waals surface area contributed by atoms with Gasteiger partial charge in [-0.05, 0) is 55.6 Å². The summed E-state index contributed by atoms with van der Waals surface area (Å²) in [5.74, 6) is -0.604. The van der Waals surface area contributed by atoms with Crippen LogP contribution in [-0.2, 0) is 11.3 Å². The van der Waals surface area contributed by atoms with E-state index < -0.39 is 11.7 Å². The molecule has 0 aliphatic rings. The Morgan fingerprint density at radius 3 is 2.36 bits per heavy atom. The van der Waals surface area contributed by atoms with E-state index >= 15 is 0 Å². The van der Waals surface area contributed by atoms with E-state index in [0.717, 1.165) is 29.9 Å². The van der Waals surface area contributed by atoms with Crippen molar-refractivity contribution in [1.82, 2.24) is 9.88 Å². The molecule has 2 aromatic heterocycles. The fourth-order valence-electron chi connectivity index (χ4n) is 3.68. The highest BCUT2D eigenvalue weighted by atomic mass is 32.1. The zero-order valence-electron chi connectivity index (χ0n) is 20.3.